The van der Waals surface area contributed by atoms with Gasteiger partial charge in [-0.1, -0.05) is 34.8 Å². The first-order chi connectivity index (χ1) is 15.7. The van der Waals surface area contributed by atoms with Crippen LogP contribution < -0.4 is 4.74 Å². The van der Waals surface area contributed by atoms with Crippen LogP contribution in [0.4, 0.5) is 0 Å². The fourth-order valence-electron chi connectivity index (χ4n) is 2.62. The highest BCUT2D eigenvalue weighted by atomic mass is 35.5. The highest BCUT2D eigenvalue weighted by Gasteiger charge is 2.33. The molecular formula is C22H23Cl3N2O6S. The van der Waals surface area contributed by atoms with Crippen LogP contribution in [0.15, 0.2) is 39.6 Å². The second kappa shape index (κ2) is 10.9. The van der Waals surface area contributed by atoms with Gasteiger partial charge in [-0.05, 0) is 51.1 Å². The van der Waals surface area contributed by atoms with E-state index in [2.05, 4.69) is 4.40 Å². The molecule has 0 N–H and O–H groups in total. The quantitative estimate of drug-likeness (QED) is 0.190. The highest BCUT2D eigenvalue weighted by Crippen LogP contribution is 2.38. The second-order valence-electron chi connectivity index (χ2n) is 7.71. The van der Waals surface area contributed by atoms with Crippen molar-refractivity contribution in [2.75, 3.05) is 20.7 Å². The number of hydrogen-bond donors (Lipinski definition) is 0. The molecule has 12 heteroatoms. The normalized spacial score (nSPS) is 12.0. The third-order valence-corrected chi connectivity index (χ3v) is 6.88. The van der Waals surface area contributed by atoms with Crippen LogP contribution in [-0.2, 0) is 19.6 Å². The van der Waals surface area contributed by atoms with Crippen molar-refractivity contribution in [3.05, 3.63) is 56.5 Å². The molecule has 0 aliphatic heterocycles. The number of carbonyl (C=O) groups excluding carboxylic acids is 2. The van der Waals surface area contributed by atoms with Crippen molar-refractivity contribution in [3.63, 3.8) is 0 Å². The van der Waals surface area contributed by atoms with Crippen molar-refractivity contribution in [2.24, 2.45) is 4.40 Å². The van der Waals surface area contributed by atoms with Crippen LogP contribution >= 0.6 is 34.8 Å². The maximum atomic E-state index is 13.1. The highest BCUT2D eigenvalue weighted by molar-refractivity contribution is 7.90. The van der Waals surface area contributed by atoms with Crippen molar-refractivity contribution >= 4 is 62.9 Å². The molecule has 0 aromatic heterocycles. The molecule has 8 nitrogen and oxygen atoms in total. The van der Waals surface area contributed by atoms with E-state index < -0.39 is 27.4 Å². The van der Waals surface area contributed by atoms with Crippen molar-refractivity contribution in [1.29, 1.82) is 0 Å². The SMILES string of the molecule is CCOC(=O)C(C)(C)Oc1ccc(C(=O)c2ccc(Cl)c(S(=O)(=O)N=CN(C)C)c2)c(Cl)c1Cl. The maximum Gasteiger partial charge on any atom is 0.349 e. The second-order valence-corrected chi connectivity index (χ2v) is 10.5. The van der Waals surface area contributed by atoms with E-state index in [4.69, 9.17) is 44.3 Å². The molecule has 0 aliphatic rings. The molecule has 0 amide bonds. The molecule has 0 heterocycles. The molecule has 184 valence electrons. The van der Waals surface area contributed by atoms with Crippen molar-refractivity contribution in [2.45, 2.75) is 31.3 Å². The van der Waals surface area contributed by atoms with Crippen LogP contribution in [0.3, 0.4) is 0 Å². The number of sulfonamides is 1. The van der Waals surface area contributed by atoms with E-state index in [0.29, 0.717) is 0 Å². The Morgan fingerprint density at radius 3 is 2.32 bits per heavy atom. The Labute approximate surface area is 213 Å². The van der Waals surface area contributed by atoms with Crippen LogP contribution in [0.5, 0.6) is 5.75 Å². The van der Waals surface area contributed by atoms with Gasteiger partial charge in [0.15, 0.2) is 11.4 Å². The van der Waals surface area contributed by atoms with Gasteiger partial charge in [0.25, 0.3) is 10.0 Å². The average molecular weight is 550 g/mol. The Hall–Kier alpha value is -2.33. The van der Waals surface area contributed by atoms with E-state index >= 15 is 0 Å². The molecule has 0 fully saturated rings. The molecule has 2 aromatic rings. The van der Waals surface area contributed by atoms with Crippen LogP contribution in [-0.4, -0.2) is 57.7 Å². The van der Waals surface area contributed by atoms with Crippen molar-refractivity contribution in [3.8, 4) is 5.75 Å². The fourth-order valence-corrected chi connectivity index (χ4v) is 4.49. The van der Waals surface area contributed by atoms with E-state index in [1.807, 2.05) is 0 Å². The predicted octanol–water partition coefficient (Wildman–Crippen LogP) is 4.88. The fraction of sp³-hybridized carbons (Fsp3) is 0.318. The standard InChI is InChI=1S/C22H23Cl3N2O6S/c1-6-32-21(29)22(2,3)33-16-10-8-14(18(24)19(16)25)20(28)13-7-9-15(23)17(11-13)34(30,31)26-12-27(4)5/h7-12H,6H2,1-5H3. The van der Waals surface area contributed by atoms with Gasteiger partial charge in [0.05, 0.1) is 16.7 Å². The summed E-state index contributed by atoms with van der Waals surface area (Å²) in [5, 5.41) is -0.322. The summed E-state index contributed by atoms with van der Waals surface area (Å²) in [5.74, 6) is -1.14. The molecule has 0 saturated carbocycles. The summed E-state index contributed by atoms with van der Waals surface area (Å²) in [7, 11) is -0.952. The number of rotatable bonds is 9. The van der Waals surface area contributed by atoms with E-state index in [0.717, 1.165) is 12.4 Å². The smallest absolute Gasteiger partial charge is 0.349 e. The lowest BCUT2D eigenvalue weighted by Gasteiger charge is -2.25. The molecule has 2 aromatic carbocycles. The zero-order chi connectivity index (χ0) is 25.8. The third-order valence-electron chi connectivity index (χ3n) is 4.31. The minimum atomic E-state index is -4.16. The number of carbonyl (C=O) groups is 2. The number of benzene rings is 2. The summed E-state index contributed by atoms with van der Waals surface area (Å²) < 4.78 is 39.3. The first kappa shape index (κ1) is 27.9. The Bertz CT molecular complexity index is 1240. The van der Waals surface area contributed by atoms with Crippen LogP contribution in [0.25, 0.3) is 0 Å². The van der Waals surface area contributed by atoms with E-state index in [1.165, 1.54) is 43.0 Å². The number of ether oxygens (including phenoxy) is 2. The Balaban J connectivity index is 2.44. The van der Waals surface area contributed by atoms with Gasteiger partial charge >= 0.3 is 5.97 Å². The van der Waals surface area contributed by atoms with E-state index in [9.17, 15) is 18.0 Å². The van der Waals surface area contributed by atoms with E-state index in [1.54, 1.807) is 21.0 Å². The summed E-state index contributed by atoms with van der Waals surface area (Å²) in [6, 6.07) is 6.50. The minimum Gasteiger partial charge on any atom is -0.475 e. The summed E-state index contributed by atoms with van der Waals surface area (Å²) in [6.07, 6.45) is 1.10. The molecule has 0 atom stereocenters. The van der Waals surface area contributed by atoms with E-state index in [-0.39, 0.29) is 43.4 Å². The Morgan fingerprint density at radius 1 is 1.09 bits per heavy atom. The topological polar surface area (TPSA) is 102 Å². The lowest BCUT2D eigenvalue weighted by atomic mass is 10.0. The van der Waals surface area contributed by atoms with Gasteiger partial charge in [-0.2, -0.15) is 8.42 Å². The largest absolute Gasteiger partial charge is 0.475 e. The maximum absolute atomic E-state index is 13.1. The minimum absolute atomic E-state index is 0.00140. The van der Waals surface area contributed by atoms with Gasteiger partial charge in [-0.15, -0.1) is 4.40 Å². The lowest BCUT2D eigenvalue weighted by molar-refractivity contribution is -0.158. The molecule has 0 bridgehead atoms. The van der Waals surface area contributed by atoms with Gasteiger partial charge in [0, 0.05) is 25.2 Å². The summed E-state index contributed by atoms with van der Waals surface area (Å²) in [4.78, 5) is 26.3. The average Bonchev–Trinajstić information content (AvgIpc) is 2.75. The first-order valence-electron chi connectivity index (χ1n) is 9.86. The molecule has 2 rings (SSSR count). The van der Waals surface area contributed by atoms with Gasteiger partial charge in [-0.3, -0.25) is 4.79 Å². The lowest BCUT2D eigenvalue weighted by Crippen LogP contribution is -2.39. The Kier molecular flexibility index (Phi) is 8.98. The molecule has 0 aliphatic carbocycles. The predicted molar refractivity (Wildman–Crippen MR) is 132 cm³/mol. The first-order valence-corrected chi connectivity index (χ1v) is 12.4. The summed E-state index contributed by atoms with van der Waals surface area (Å²) in [6.45, 7) is 4.85. The number of halogens is 3. The number of esters is 1. The van der Waals surface area contributed by atoms with Crippen LogP contribution in [0, 0.1) is 0 Å². The van der Waals surface area contributed by atoms with Gasteiger partial charge in [0.1, 0.15) is 22.0 Å². The van der Waals surface area contributed by atoms with Gasteiger partial charge in [-0.25, -0.2) is 4.79 Å². The number of ketones is 1. The number of nitrogens with zero attached hydrogens (tertiary/aromatic N) is 2. The van der Waals surface area contributed by atoms with Crippen molar-refractivity contribution < 1.29 is 27.5 Å². The van der Waals surface area contributed by atoms with Crippen LogP contribution in [0.1, 0.15) is 36.7 Å². The monoisotopic (exact) mass is 548 g/mol. The molecular weight excluding hydrogens is 527 g/mol. The molecule has 0 radical (unpaired) electrons. The number of hydrogen-bond acceptors (Lipinski definition) is 6. The van der Waals surface area contributed by atoms with Gasteiger partial charge in [0.2, 0.25) is 0 Å². The zero-order valence-corrected chi connectivity index (χ0v) is 22.1. The third kappa shape index (κ3) is 6.41. The molecule has 0 unspecified atom stereocenters. The molecule has 0 spiro atoms. The van der Waals surface area contributed by atoms with Crippen molar-refractivity contribution in [1.82, 2.24) is 4.90 Å². The molecule has 34 heavy (non-hydrogen) atoms. The van der Waals surface area contributed by atoms with Crippen LogP contribution in [0.2, 0.25) is 15.1 Å². The summed E-state index contributed by atoms with van der Waals surface area (Å²) >= 11 is 18.7. The van der Waals surface area contributed by atoms with Gasteiger partial charge < -0.3 is 14.4 Å². The zero-order valence-electron chi connectivity index (χ0n) is 19.1. The Morgan fingerprint density at radius 2 is 1.74 bits per heavy atom. The summed E-state index contributed by atoms with van der Waals surface area (Å²) in [5.41, 5.74) is -1.36. The molecule has 0 saturated heterocycles.